The summed E-state index contributed by atoms with van der Waals surface area (Å²) < 4.78 is 45.4. The Morgan fingerprint density at radius 1 is 0.784 bits per heavy atom. The van der Waals surface area contributed by atoms with Crippen LogP contribution >= 0.6 is 0 Å². The molecular weight excluding hydrogens is 492 g/mol. The number of benzene rings is 4. The van der Waals surface area contributed by atoms with Gasteiger partial charge in [-0.15, -0.1) is 0 Å². The zero-order valence-electron chi connectivity index (χ0n) is 19.6. The number of anilines is 2. The smallest absolute Gasteiger partial charge is 0.264 e. The van der Waals surface area contributed by atoms with Crippen LogP contribution in [0.4, 0.5) is 11.4 Å². The lowest BCUT2D eigenvalue weighted by Crippen LogP contribution is -2.38. The highest BCUT2D eigenvalue weighted by molar-refractivity contribution is 7.92. The van der Waals surface area contributed by atoms with E-state index in [1.807, 2.05) is 30.3 Å². The van der Waals surface area contributed by atoms with Crippen molar-refractivity contribution >= 4 is 49.2 Å². The Labute approximate surface area is 213 Å². The number of rotatable bonds is 6. The predicted octanol–water partition coefficient (Wildman–Crippen LogP) is 5.19. The third kappa shape index (κ3) is 4.34. The third-order valence-corrected chi connectivity index (χ3v) is 7.88. The van der Waals surface area contributed by atoms with Gasteiger partial charge in [-0.05, 0) is 42.5 Å². The Morgan fingerprint density at radius 2 is 1.51 bits per heavy atom. The molecule has 0 saturated carbocycles. The van der Waals surface area contributed by atoms with E-state index < -0.39 is 22.5 Å². The Morgan fingerprint density at radius 3 is 2.35 bits per heavy atom. The monoisotopic (exact) mass is 514 g/mol. The molecule has 0 unspecified atom stereocenters. The van der Waals surface area contributed by atoms with Crippen LogP contribution in [-0.4, -0.2) is 34.1 Å². The summed E-state index contributed by atoms with van der Waals surface area (Å²) in [4.78, 5) is 13.2. The Balaban J connectivity index is 1.32. The molecule has 0 aliphatic carbocycles. The highest BCUT2D eigenvalue weighted by Gasteiger charge is 2.28. The summed E-state index contributed by atoms with van der Waals surface area (Å²) in [6.45, 7) is 0.317. The summed E-state index contributed by atoms with van der Waals surface area (Å²) in [6.07, 6.45) is 0. The molecule has 1 N–H and O–H groups in total. The summed E-state index contributed by atoms with van der Waals surface area (Å²) >= 11 is 0. The highest BCUT2D eigenvalue weighted by atomic mass is 32.2. The number of ether oxygens (including phenoxy) is 2. The maximum atomic E-state index is 13.6. The van der Waals surface area contributed by atoms with Gasteiger partial charge in [-0.2, -0.15) is 0 Å². The van der Waals surface area contributed by atoms with E-state index in [1.165, 1.54) is 12.1 Å². The van der Waals surface area contributed by atoms with Crippen LogP contribution in [0.2, 0.25) is 0 Å². The van der Waals surface area contributed by atoms with Gasteiger partial charge in [-0.25, -0.2) is 8.42 Å². The van der Waals surface area contributed by atoms with E-state index in [0.29, 0.717) is 36.0 Å². The minimum Gasteiger partial charge on any atom is -0.486 e. The number of sulfonamides is 1. The van der Waals surface area contributed by atoms with Crippen molar-refractivity contribution in [2.75, 3.05) is 29.4 Å². The maximum absolute atomic E-state index is 13.6. The van der Waals surface area contributed by atoms with Crippen LogP contribution in [0.3, 0.4) is 0 Å². The van der Waals surface area contributed by atoms with Gasteiger partial charge in [0, 0.05) is 28.6 Å². The van der Waals surface area contributed by atoms with Gasteiger partial charge in [-0.1, -0.05) is 36.4 Å². The second-order valence-corrected chi connectivity index (χ2v) is 10.4. The molecular formula is C28H22N2O6S. The molecule has 0 radical (unpaired) electrons. The van der Waals surface area contributed by atoms with Crippen LogP contribution in [-0.2, 0) is 14.8 Å². The lowest BCUT2D eigenvalue weighted by atomic mass is 10.1. The molecule has 1 aliphatic rings. The predicted molar refractivity (Wildman–Crippen MR) is 141 cm³/mol. The molecule has 1 aliphatic heterocycles. The fourth-order valence-corrected chi connectivity index (χ4v) is 5.79. The zero-order chi connectivity index (χ0) is 25.4. The second kappa shape index (κ2) is 9.18. The normalized spacial score (nSPS) is 13.0. The first-order valence-corrected chi connectivity index (χ1v) is 13.1. The summed E-state index contributed by atoms with van der Waals surface area (Å²) in [5, 5.41) is 4.71. The number of furan rings is 1. The molecule has 37 heavy (non-hydrogen) atoms. The Bertz CT molecular complexity index is 1730. The van der Waals surface area contributed by atoms with Crippen LogP contribution in [0.25, 0.3) is 21.9 Å². The summed E-state index contributed by atoms with van der Waals surface area (Å²) in [6, 6.07) is 25.9. The number of hydrogen-bond acceptors (Lipinski definition) is 6. The van der Waals surface area contributed by atoms with Gasteiger partial charge in [0.1, 0.15) is 30.9 Å². The number of carbonyl (C=O) groups is 1. The van der Waals surface area contributed by atoms with Crippen LogP contribution in [0, 0.1) is 0 Å². The molecule has 0 atom stereocenters. The molecule has 1 amide bonds. The van der Waals surface area contributed by atoms with E-state index in [-0.39, 0.29) is 10.6 Å². The fraction of sp³-hybridized carbons (Fsp3) is 0.107. The van der Waals surface area contributed by atoms with Gasteiger partial charge in [0.15, 0.2) is 11.5 Å². The number of para-hydroxylation sites is 1. The average Bonchev–Trinajstić information content (AvgIpc) is 3.29. The number of nitrogens with one attached hydrogen (secondary N) is 1. The molecule has 9 heteroatoms. The van der Waals surface area contributed by atoms with E-state index in [0.717, 1.165) is 20.7 Å². The van der Waals surface area contributed by atoms with Crippen LogP contribution < -0.4 is 19.1 Å². The topological polar surface area (TPSA) is 98.1 Å². The standard InChI is InChI=1S/C28H22N2O6S/c31-28(29-19-10-12-23-22-8-4-5-9-24(22)36-26(23)16-19)18-30(37(32,33)21-6-2-1-3-7-21)20-11-13-25-27(17-20)35-15-14-34-25/h1-13,16-17H,14-15,18H2,(H,29,31). The number of amides is 1. The Hall–Kier alpha value is -4.50. The van der Waals surface area contributed by atoms with Crippen molar-refractivity contribution in [3.05, 3.63) is 91.0 Å². The summed E-state index contributed by atoms with van der Waals surface area (Å²) in [7, 11) is -4.06. The Kier molecular flexibility index (Phi) is 5.69. The van der Waals surface area contributed by atoms with Gasteiger partial charge in [-0.3, -0.25) is 9.10 Å². The summed E-state index contributed by atoms with van der Waals surface area (Å²) in [5.41, 5.74) is 2.16. The lowest BCUT2D eigenvalue weighted by molar-refractivity contribution is -0.114. The van der Waals surface area contributed by atoms with Crippen molar-refractivity contribution in [2.24, 2.45) is 0 Å². The fourth-order valence-electron chi connectivity index (χ4n) is 4.36. The SMILES string of the molecule is O=C(CN(c1ccc2c(c1)OCCO2)S(=O)(=O)c1ccccc1)Nc1ccc2c(c1)oc1ccccc12. The zero-order valence-corrected chi connectivity index (χ0v) is 20.4. The van der Waals surface area contributed by atoms with Crippen molar-refractivity contribution in [3.63, 3.8) is 0 Å². The first kappa shape index (κ1) is 22.9. The molecule has 6 rings (SSSR count). The highest BCUT2D eigenvalue weighted by Crippen LogP contribution is 2.36. The molecule has 8 nitrogen and oxygen atoms in total. The van der Waals surface area contributed by atoms with Gasteiger partial charge >= 0.3 is 0 Å². The molecule has 2 heterocycles. The van der Waals surface area contributed by atoms with E-state index >= 15 is 0 Å². The van der Waals surface area contributed by atoms with Crippen molar-refractivity contribution in [2.45, 2.75) is 4.90 Å². The van der Waals surface area contributed by atoms with E-state index in [9.17, 15) is 13.2 Å². The van der Waals surface area contributed by atoms with Crippen molar-refractivity contribution < 1.29 is 27.1 Å². The van der Waals surface area contributed by atoms with E-state index in [4.69, 9.17) is 13.9 Å². The van der Waals surface area contributed by atoms with Crippen molar-refractivity contribution in [3.8, 4) is 11.5 Å². The first-order chi connectivity index (χ1) is 18.0. The van der Waals surface area contributed by atoms with Gasteiger partial charge in [0.25, 0.3) is 10.0 Å². The molecule has 0 fully saturated rings. The van der Waals surface area contributed by atoms with Gasteiger partial charge in [0.2, 0.25) is 5.91 Å². The first-order valence-electron chi connectivity index (χ1n) is 11.7. The van der Waals surface area contributed by atoms with Gasteiger partial charge in [0.05, 0.1) is 10.6 Å². The molecule has 5 aromatic rings. The quantitative estimate of drug-likeness (QED) is 0.335. The molecule has 4 aromatic carbocycles. The largest absolute Gasteiger partial charge is 0.486 e. The van der Waals surface area contributed by atoms with E-state index in [2.05, 4.69) is 5.32 Å². The number of nitrogens with zero attached hydrogens (tertiary/aromatic N) is 1. The second-order valence-electron chi connectivity index (χ2n) is 8.51. The van der Waals surface area contributed by atoms with E-state index in [1.54, 1.807) is 48.5 Å². The van der Waals surface area contributed by atoms with Crippen molar-refractivity contribution in [1.29, 1.82) is 0 Å². The number of hydrogen-bond donors (Lipinski definition) is 1. The minimum absolute atomic E-state index is 0.0707. The number of carbonyl (C=O) groups excluding carboxylic acids is 1. The molecule has 0 saturated heterocycles. The van der Waals surface area contributed by atoms with Crippen LogP contribution in [0.1, 0.15) is 0 Å². The maximum Gasteiger partial charge on any atom is 0.264 e. The third-order valence-electron chi connectivity index (χ3n) is 6.09. The molecule has 1 aromatic heterocycles. The molecule has 186 valence electrons. The minimum atomic E-state index is -4.06. The van der Waals surface area contributed by atoms with Crippen molar-refractivity contribution in [1.82, 2.24) is 0 Å². The van der Waals surface area contributed by atoms with Crippen LogP contribution in [0.15, 0.2) is 100 Å². The van der Waals surface area contributed by atoms with Gasteiger partial charge < -0.3 is 19.2 Å². The number of fused-ring (bicyclic) bond motifs is 4. The molecule has 0 bridgehead atoms. The van der Waals surface area contributed by atoms with Crippen LogP contribution in [0.5, 0.6) is 11.5 Å². The lowest BCUT2D eigenvalue weighted by Gasteiger charge is -2.26. The summed E-state index contributed by atoms with van der Waals surface area (Å²) in [5.74, 6) is 0.438. The average molecular weight is 515 g/mol. The molecule has 0 spiro atoms.